The fourth-order valence-electron chi connectivity index (χ4n) is 1.46. The molecular formula is C12H17BrN2O2. The first kappa shape index (κ1) is 14.0. The summed E-state index contributed by atoms with van der Waals surface area (Å²) < 4.78 is 5.77. The van der Waals surface area contributed by atoms with Crippen molar-refractivity contribution in [2.24, 2.45) is 0 Å². The molecule has 17 heavy (non-hydrogen) atoms. The van der Waals surface area contributed by atoms with Crippen molar-refractivity contribution >= 4 is 27.5 Å². The van der Waals surface area contributed by atoms with E-state index in [9.17, 15) is 4.79 Å². The molecule has 0 fully saturated rings. The minimum atomic E-state index is -0.0759. The summed E-state index contributed by atoms with van der Waals surface area (Å²) in [4.78, 5) is 13.8. The summed E-state index contributed by atoms with van der Waals surface area (Å²) >= 11 is 3.33. The van der Waals surface area contributed by atoms with Crippen LogP contribution in [0.2, 0.25) is 0 Å². The highest BCUT2D eigenvalue weighted by molar-refractivity contribution is 9.10. The van der Waals surface area contributed by atoms with Gasteiger partial charge in [0.1, 0.15) is 0 Å². The number of amides is 1. The van der Waals surface area contributed by atoms with Gasteiger partial charge < -0.3 is 15.4 Å². The molecule has 2 N–H and O–H groups in total. The van der Waals surface area contributed by atoms with Crippen LogP contribution in [-0.4, -0.2) is 37.6 Å². The van der Waals surface area contributed by atoms with Crippen LogP contribution in [-0.2, 0) is 4.74 Å². The summed E-state index contributed by atoms with van der Waals surface area (Å²) in [5, 5.41) is 0. The number of nitrogens with two attached hydrogens (primary N) is 1. The molecule has 0 aliphatic rings. The monoisotopic (exact) mass is 300 g/mol. The number of carbonyl (C=O) groups is 1. The van der Waals surface area contributed by atoms with Gasteiger partial charge in [-0.1, -0.05) is 6.07 Å². The number of halogens is 1. The molecule has 0 spiro atoms. The van der Waals surface area contributed by atoms with Gasteiger partial charge in [-0.25, -0.2) is 0 Å². The maximum absolute atomic E-state index is 12.2. The summed E-state index contributed by atoms with van der Waals surface area (Å²) in [6, 6.07) is 5.26. The fourth-order valence-corrected chi connectivity index (χ4v) is 1.90. The SMILES string of the molecule is COC(C)CN(C)C(=O)c1cccc(N)c1Br. The number of benzene rings is 1. The number of hydrogen-bond donors (Lipinski definition) is 1. The first-order valence-corrected chi connectivity index (χ1v) is 6.09. The Morgan fingerprint density at radius 1 is 1.59 bits per heavy atom. The van der Waals surface area contributed by atoms with Gasteiger partial charge in [0, 0.05) is 26.4 Å². The van der Waals surface area contributed by atoms with Gasteiger partial charge in [0.05, 0.1) is 16.1 Å². The molecule has 1 amide bonds. The Morgan fingerprint density at radius 3 is 2.82 bits per heavy atom. The van der Waals surface area contributed by atoms with Crippen LogP contribution in [0.25, 0.3) is 0 Å². The van der Waals surface area contributed by atoms with E-state index in [-0.39, 0.29) is 12.0 Å². The number of nitrogen functional groups attached to an aromatic ring is 1. The van der Waals surface area contributed by atoms with Crippen molar-refractivity contribution in [1.82, 2.24) is 4.90 Å². The number of methoxy groups -OCH3 is 1. The summed E-state index contributed by atoms with van der Waals surface area (Å²) in [6.45, 7) is 2.45. The van der Waals surface area contributed by atoms with Crippen molar-refractivity contribution < 1.29 is 9.53 Å². The zero-order valence-corrected chi connectivity index (χ0v) is 11.8. The molecule has 1 atom stereocenters. The van der Waals surface area contributed by atoms with Crippen molar-refractivity contribution in [3.05, 3.63) is 28.2 Å². The molecule has 0 aliphatic carbocycles. The van der Waals surface area contributed by atoms with Crippen LogP contribution in [0.15, 0.2) is 22.7 Å². The molecule has 0 heterocycles. The molecule has 94 valence electrons. The molecule has 1 aromatic carbocycles. The molecular weight excluding hydrogens is 284 g/mol. The Hall–Kier alpha value is -1.07. The summed E-state index contributed by atoms with van der Waals surface area (Å²) in [5.74, 6) is -0.0759. The van der Waals surface area contributed by atoms with E-state index in [4.69, 9.17) is 10.5 Å². The van der Waals surface area contributed by atoms with E-state index in [1.54, 1.807) is 37.3 Å². The second-order valence-corrected chi connectivity index (χ2v) is 4.73. The first-order chi connectivity index (χ1) is 7.97. The zero-order chi connectivity index (χ0) is 13.0. The molecule has 1 rings (SSSR count). The van der Waals surface area contributed by atoms with E-state index in [1.165, 1.54) is 0 Å². The van der Waals surface area contributed by atoms with Gasteiger partial charge in [-0.15, -0.1) is 0 Å². The Morgan fingerprint density at radius 2 is 2.24 bits per heavy atom. The minimum absolute atomic E-state index is 0.00350. The molecule has 1 aromatic rings. The molecule has 0 aromatic heterocycles. The fraction of sp³-hybridized carbons (Fsp3) is 0.417. The molecule has 4 nitrogen and oxygen atoms in total. The van der Waals surface area contributed by atoms with Crippen LogP contribution in [0.5, 0.6) is 0 Å². The van der Waals surface area contributed by atoms with Gasteiger partial charge in [-0.2, -0.15) is 0 Å². The lowest BCUT2D eigenvalue weighted by Crippen LogP contribution is -2.34. The Bertz CT molecular complexity index is 409. The van der Waals surface area contributed by atoms with Gasteiger partial charge in [0.15, 0.2) is 0 Å². The highest BCUT2D eigenvalue weighted by atomic mass is 79.9. The number of hydrogen-bond acceptors (Lipinski definition) is 3. The molecule has 5 heteroatoms. The van der Waals surface area contributed by atoms with Crippen molar-refractivity contribution in [2.45, 2.75) is 13.0 Å². The van der Waals surface area contributed by atoms with Crippen LogP contribution >= 0.6 is 15.9 Å². The number of nitrogens with zero attached hydrogens (tertiary/aromatic N) is 1. The van der Waals surface area contributed by atoms with Crippen LogP contribution < -0.4 is 5.73 Å². The van der Waals surface area contributed by atoms with Gasteiger partial charge in [0.25, 0.3) is 5.91 Å². The molecule has 1 unspecified atom stereocenters. The molecule has 0 saturated carbocycles. The van der Waals surface area contributed by atoms with Crippen molar-refractivity contribution in [3.8, 4) is 0 Å². The molecule has 0 aliphatic heterocycles. The second-order valence-electron chi connectivity index (χ2n) is 3.94. The third-order valence-corrected chi connectivity index (χ3v) is 3.42. The van der Waals surface area contributed by atoms with Gasteiger partial charge in [0.2, 0.25) is 0 Å². The largest absolute Gasteiger partial charge is 0.398 e. The normalized spacial score (nSPS) is 12.2. The van der Waals surface area contributed by atoms with Crippen LogP contribution in [0.1, 0.15) is 17.3 Å². The smallest absolute Gasteiger partial charge is 0.254 e. The predicted molar refractivity (Wildman–Crippen MR) is 72.0 cm³/mol. The first-order valence-electron chi connectivity index (χ1n) is 5.29. The maximum atomic E-state index is 12.2. The van der Waals surface area contributed by atoms with Crippen LogP contribution in [0.4, 0.5) is 5.69 Å². The van der Waals surface area contributed by atoms with E-state index >= 15 is 0 Å². The third kappa shape index (κ3) is 3.44. The summed E-state index contributed by atoms with van der Waals surface area (Å²) in [7, 11) is 3.37. The zero-order valence-electron chi connectivity index (χ0n) is 10.2. The summed E-state index contributed by atoms with van der Waals surface area (Å²) in [5.41, 5.74) is 6.87. The lowest BCUT2D eigenvalue weighted by atomic mass is 10.1. The quantitative estimate of drug-likeness (QED) is 0.867. The average Bonchev–Trinajstić information content (AvgIpc) is 2.31. The molecule has 0 saturated heterocycles. The Balaban J connectivity index is 2.85. The van der Waals surface area contributed by atoms with Crippen LogP contribution in [0, 0.1) is 0 Å². The summed E-state index contributed by atoms with van der Waals surface area (Å²) in [6.07, 6.45) is 0.00350. The predicted octanol–water partition coefficient (Wildman–Crippen LogP) is 2.14. The van der Waals surface area contributed by atoms with Crippen LogP contribution in [0.3, 0.4) is 0 Å². The lowest BCUT2D eigenvalue weighted by molar-refractivity contribution is 0.0599. The third-order valence-electron chi connectivity index (χ3n) is 2.54. The number of rotatable bonds is 4. The van der Waals surface area contributed by atoms with E-state index in [0.717, 1.165) is 0 Å². The van der Waals surface area contributed by atoms with Crippen molar-refractivity contribution in [1.29, 1.82) is 0 Å². The van der Waals surface area contributed by atoms with Gasteiger partial charge >= 0.3 is 0 Å². The van der Waals surface area contributed by atoms with E-state index in [2.05, 4.69) is 15.9 Å². The van der Waals surface area contributed by atoms with E-state index in [1.807, 2.05) is 6.92 Å². The number of ether oxygens (including phenoxy) is 1. The Kier molecular flexibility index (Phi) is 4.96. The van der Waals surface area contributed by atoms with Gasteiger partial charge in [-0.05, 0) is 35.0 Å². The molecule has 0 radical (unpaired) electrons. The molecule has 0 bridgehead atoms. The van der Waals surface area contributed by atoms with E-state index < -0.39 is 0 Å². The standard InChI is InChI=1S/C12H17BrN2O2/c1-8(17-3)7-15(2)12(16)9-5-4-6-10(14)11(9)13/h4-6,8H,7,14H2,1-3H3. The highest BCUT2D eigenvalue weighted by Crippen LogP contribution is 2.24. The minimum Gasteiger partial charge on any atom is -0.398 e. The average molecular weight is 301 g/mol. The van der Waals surface area contributed by atoms with Crippen molar-refractivity contribution in [3.63, 3.8) is 0 Å². The lowest BCUT2D eigenvalue weighted by Gasteiger charge is -2.21. The highest BCUT2D eigenvalue weighted by Gasteiger charge is 2.17. The second kappa shape index (κ2) is 6.02. The van der Waals surface area contributed by atoms with E-state index in [0.29, 0.717) is 22.3 Å². The number of anilines is 1. The topological polar surface area (TPSA) is 55.6 Å². The Labute approximate surface area is 110 Å². The number of carbonyl (C=O) groups excluding carboxylic acids is 1. The number of likely N-dealkylation sites (N-methyl/N-ethyl adjacent to an activating group) is 1. The van der Waals surface area contributed by atoms with Crippen molar-refractivity contribution in [2.75, 3.05) is 26.4 Å². The maximum Gasteiger partial charge on any atom is 0.254 e. The van der Waals surface area contributed by atoms with Gasteiger partial charge in [-0.3, -0.25) is 4.79 Å².